The van der Waals surface area contributed by atoms with E-state index in [1.807, 2.05) is 65.8 Å². The van der Waals surface area contributed by atoms with Crippen LogP contribution >= 0.6 is 0 Å². The molecule has 5 rings (SSSR count). The van der Waals surface area contributed by atoms with Gasteiger partial charge in [-0.3, -0.25) is 9.69 Å². The first kappa shape index (κ1) is 21.6. The molecule has 0 radical (unpaired) electrons. The van der Waals surface area contributed by atoms with Crippen LogP contribution in [0.4, 0.5) is 11.4 Å². The number of hydrogen-bond donors (Lipinski definition) is 0. The number of amides is 1. The van der Waals surface area contributed by atoms with Crippen molar-refractivity contribution < 1.29 is 4.79 Å². The van der Waals surface area contributed by atoms with E-state index in [4.69, 9.17) is 4.99 Å². The van der Waals surface area contributed by atoms with Crippen LogP contribution in [0, 0.1) is 5.92 Å². The van der Waals surface area contributed by atoms with E-state index < -0.39 is 0 Å². The molecule has 28 heavy (non-hydrogen) atoms. The Morgan fingerprint density at radius 2 is 1.57 bits per heavy atom. The maximum Gasteiger partial charge on any atom is 0.264 e. The summed E-state index contributed by atoms with van der Waals surface area (Å²) in [5.74, 6) is 1.29. The van der Waals surface area contributed by atoms with Crippen LogP contribution < -0.4 is 4.90 Å². The number of anilines is 1. The van der Waals surface area contributed by atoms with Gasteiger partial charge in [-0.15, -0.1) is 0 Å². The Balaban J connectivity index is 0.000000430. The molecule has 2 aromatic carbocycles. The van der Waals surface area contributed by atoms with Gasteiger partial charge in [-0.25, -0.2) is 4.99 Å². The Labute approximate surface area is 169 Å². The zero-order valence-electron chi connectivity index (χ0n) is 18.2. The third-order valence-corrected chi connectivity index (χ3v) is 4.65. The topological polar surface area (TPSA) is 32.7 Å². The van der Waals surface area contributed by atoms with E-state index in [9.17, 15) is 4.79 Å². The molecular weight excluding hydrogens is 344 g/mol. The smallest absolute Gasteiger partial charge is 0.264 e. The lowest BCUT2D eigenvalue weighted by molar-refractivity contribution is -0.113. The minimum absolute atomic E-state index is 0.0545. The summed E-state index contributed by atoms with van der Waals surface area (Å²) in [6, 6.07) is 12.2. The van der Waals surface area contributed by atoms with Gasteiger partial charge >= 0.3 is 0 Å². The van der Waals surface area contributed by atoms with Crippen molar-refractivity contribution in [3.05, 3.63) is 59.7 Å². The highest BCUT2D eigenvalue weighted by Gasteiger charge is 2.41. The van der Waals surface area contributed by atoms with Crippen molar-refractivity contribution in [1.29, 1.82) is 0 Å². The van der Waals surface area contributed by atoms with Crippen LogP contribution in [-0.2, 0) is 4.79 Å². The first-order chi connectivity index (χ1) is 13.7. The van der Waals surface area contributed by atoms with Gasteiger partial charge in [-0.2, -0.15) is 0 Å². The monoisotopic (exact) mass is 376 g/mol. The normalized spacial score (nSPS) is 18.0. The lowest BCUT2D eigenvalue weighted by atomic mass is 9.93. The third-order valence-electron chi connectivity index (χ3n) is 4.65. The Morgan fingerprint density at radius 1 is 0.929 bits per heavy atom. The van der Waals surface area contributed by atoms with E-state index in [2.05, 4.69) is 31.2 Å². The van der Waals surface area contributed by atoms with Crippen LogP contribution in [0.25, 0.3) is 10.8 Å². The lowest BCUT2D eigenvalue weighted by Gasteiger charge is -2.24. The van der Waals surface area contributed by atoms with E-state index in [1.165, 1.54) is 0 Å². The number of fused-ring (bicyclic) bond motifs is 4. The van der Waals surface area contributed by atoms with Gasteiger partial charge in [-0.05, 0) is 29.9 Å². The molecule has 3 heteroatoms. The summed E-state index contributed by atoms with van der Waals surface area (Å²) in [5, 5.41) is 2.19. The van der Waals surface area contributed by atoms with Crippen molar-refractivity contribution >= 4 is 33.9 Å². The van der Waals surface area contributed by atoms with Crippen LogP contribution in [0.1, 0.15) is 54.9 Å². The van der Waals surface area contributed by atoms with E-state index in [1.54, 1.807) is 4.90 Å². The predicted octanol–water partition coefficient (Wildman–Crippen LogP) is 7.20. The van der Waals surface area contributed by atoms with Crippen molar-refractivity contribution in [2.45, 2.75) is 54.9 Å². The molecule has 0 saturated carbocycles. The molecular formula is C25H32N2O. The minimum Gasteiger partial charge on any atom is -0.268 e. The number of rotatable bonds is 0. The SMILES string of the molecule is CC.CC.CC.CC1C=C2C(=CC1)C(=O)N1C2=Nc2cccc3cccc1c23. The predicted molar refractivity (Wildman–Crippen MR) is 123 cm³/mol. The molecule has 0 N–H and O–H groups in total. The summed E-state index contributed by atoms with van der Waals surface area (Å²) in [5.41, 5.74) is 3.70. The van der Waals surface area contributed by atoms with Gasteiger partial charge in [0.05, 0.1) is 11.4 Å². The highest BCUT2D eigenvalue weighted by Crippen LogP contribution is 2.45. The van der Waals surface area contributed by atoms with Gasteiger partial charge in [0.15, 0.2) is 0 Å². The fraction of sp³-hybridized carbons (Fsp3) is 0.360. The third kappa shape index (κ3) is 3.42. The van der Waals surface area contributed by atoms with E-state index in [-0.39, 0.29) is 5.91 Å². The Hall–Kier alpha value is -2.68. The number of carbonyl (C=O) groups is 1. The van der Waals surface area contributed by atoms with Gasteiger partial charge in [0.2, 0.25) is 0 Å². The van der Waals surface area contributed by atoms with Crippen molar-refractivity contribution in [3.8, 4) is 0 Å². The molecule has 148 valence electrons. The molecule has 1 fully saturated rings. The van der Waals surface area contributed by atoms with Crippen LogP contribution in [0.5, 0.6) is 0 Å². The number of amidine groups is 1. The summed E-state index contributed by atoms with van der Waals surface area (Å²) in [7, 11) is 0. The van der Waals surface area contributed by atoms with Crippen LogP contribution in [0.15, 0.2) is 64.7 Å². The number of benzene rings is 2. The van der Waals surface area contributed by atoms with Gasteiger partial charge < -0.3 is 0 Å². The molecule has 2 aliphatic heterocycles. The van der Waals surface area contributed by atoms with E-state index in [0.29, 0.717) is 5.92 Å². The number of allylic oxidation sites excluding steroid dienone is 2. The number of hydrogen-bond acceptors (Lipinski definition) is 2. The summed E-state index contributed by atoms with van der Waals surface area (Å²) in [4.78, 5) is 19.5. The van der Waals surface area contributed by atoms with Crippen LogP contribution in [0.3, 0.4) is 0 Å². The van der Waals surface area contributed by atoms with Gasteiger partial charge in [0.25, 0.3) is 5.91 Å². The first-order valence-corrected chi connectivity index (χ1v) is 10.6. The molecule has 2 aromatic rings. The Kier molecular flexibility index (Phi) is 7.33. The van der Waals surface area contributed by atoms with Crippen molar-refractivity contribution in [3.63, 3.8) is 0 Å². The number of carbonyl (C=O) groups excluding carboxylic acids is 1. The molecule has 0 spiro atoms. The second-order valence-electron chi connectivity index (χ2n) is 6.14. The molecule has 1 amide bonds. The first-order valence-electron chi connectivity index (χ1n) is 10.6. The zero-order chi connectivity index (χ0) is 20.8. The lowest BCUT2D eigenvalue weighted by Crippen LogP contribution is -2.31. The molecule has 3 nitrogen and oxygen atoms in total. The second kappa shape index (κ2) is 9.50. The summed E-state index contributed by atoms with van der Waals surface area (Å²) in [6.45, 7) is 14.2. The molecule has 3 aliphatic rings. The highest BCUT2D eigenvalue weighted by molar-refractivity contribution is 6.42. The Bertz CT molecular complexity index is 945. The largest absolute Gasteiger partial charge is 0.268 e. The molecule has 0 aromatic heterocycles. The van der Waals surface area contributed by atoms with Crippen molar-refractivity contribution in [2.24, 2.45) is 10.9 Å². The average Bonchev–Trinajstić information content (AvgIpc) is 3.04. The summed E-state index contributed by atoms with van der Waals surface area (Å²) >= 11 is 0. The fourth-order valence-corrected chi connectivity index (χ4v) is 3.62. The van der Waals surface area contributed by atoms with E-state index in [0.717, 1.165) is 45.5 Å². The summed E-state index contributed by atoms with van der Waals surface area (Å²) in [6.07, 6.45) is 5.16. The molecule has 2 heterocycles. The summed E-state index contributed by atoms with van der Waals surface area (Å²) < 4.78 is 0. The standard InChI is InChI=1S/C19H14N2O.3C2H6/c1-11-8-9-13-14(10-11)18-20-15-6-2-4-12-5-3-7-16(17(12)15)21(18)19(13)22;3*1-2/h2-7,9-11H,8H2,1H3;3*1-2H3. The Morgan fingerprint density at radius 3 is 2.25 bits per heavy atom. The molecule has 1 atom stereocenters. The molecule has 1 saturated heterocycles. The fourth-order valence-electron chi connectivity index (χ4n) is 3.62. The molecule has 1 unspecified atom stereocenters. The van der Waals surface area contributed by atoms with Gasteiger partial charge in [0.1, 0.15) is 5.84 Å². The zero-order valence-corrected chi connectivity index (χ0v) is 18.2. The van der Waals surface area contributed by atoms with Gasteiger partial charge in [0, 0.05) is 16.5 Å². The average molecular weight is 377 g/mol. The second-order valence-corrected chi connectivity index (χ2v) is 6.14. The maximum atomic E-state index is 12.9. The molecule has 1 aliphatic carbocycles. The van der Waals surface area contributed by atoms with Crippen molar-refractivity contribution in [2.75, 3.05) is 4.90 Å². The van der Waals surface area contributed by atoms with Crippen molar-refractivity contribution in [1.82, 2.24) is 0 Å². The minimum atomic E-state index is 0.0545. The molecule has 0 bridgehead atoms. The number of aliphatic imine (C=N–C) groups is 1. The highest BCUT2D eigenvalue weighted by atomic mass is 16.2. The van der Waals surface area contributed by atoms with Crippen LogP contribution in [0.2, 0.25) is 0 Å². The van der Waals surface area contributed by atoms with Gasteiger partial charge in [-0.1, -0.05) is 84.9 Å². The maximum absolute atomic E-state index is 12.9. The van der Waals surface area contributed by atoms with Crippen LogP contribution in [-0.4, -0.2) is 11.7 Å². The number of nitrogens with zero attached hydrogens (tertiary/aromatic N) is 2. The quantitative estimate of drug-likeness (QED) is 0.478. The van der Waals surface area contributed by atoms with E-state index >= 15 is 0 Å².